The average Bonchev–Trinajstić information content (AvgIpc) is 3.10. The maximum absolute atomic E-state index is 13.7. The van der Waals surface area contributed by atoms with Crippen LogP contribution in [0.2, 0.25) is 0 Å². The molecule has 6 heteroatoms. The van der Waals surface area contributed by atoms with Crippen molar-refractivity contribution in [3.8, 4) is 0 Å². The van der Waals surface area contributed by atoms with Crippen molar-refractivity contribution in [2.45, 2.75) is 37.5 Å². The fourth-order valence-electron chi connectivity index (χ4n) is 4.39. The van der Waals surface area contributed by atoms with Crippen LogP contribution in [0.5, 0.6) is 0 Å². The van der Waals surface area contributed by atoms with Crippen LogP contribution in [-0.4, -0.2) is 15.0 Å². The van der Waals surface area contributed by atoms with E-state index in [0.29, 0.717) is 17.0 Å². The molecule has 28 heavy (non-hydrogen) atoms. The molecular formula is C22H18F3N3. The molecule has 1 N–H and O–H groups in total. The maximum atomic E-state index is 13.7. The van der Waals surface area contributed by atoms with E-state index in [4.69, 9.17) is 0 Å². The molecule has 0 atom stereocenters. The molecule has 0 unspecified atom stereocenters. The van der Waals surface area contributed by atoms with E-state index < -0.39 is 11.6 Å². The molecule has 0 radical (unpaired) electrons. The van der Waals surface area contributed by atoms with Crippen molar-refractivity contribution in [3.05, 3.63) is 71.4 Å². The number of hydrogen-bond donors (Lipinski definition) is 1. The Bertz CT molecular complexity index is 1140. The van der Waals surface area contributed by atoms with E-state index >= 15 is 0 Å². The zero-order chi connectivity index (χ0) is 19.3. The molecule has 1 saturated carbocycles. The van der Waals surface area contributed by atoms with E-state index in [1.54, 1.807) is 18.3 Å². The predicted molar refractivity (Wildman–Crippen MR) is 102 cm³/mol. The van der Waals surface area contributed by atoms with Gasteiger partial charge in [0.2, 0.25) is 0 Å². The number of H-pyrrole nitrogens is 1. The van der Waals surface area contributed by atoms with Gasteiger partial charge in [-0.2, -0.15) is 0 Å². The highest BCUT2D eigenvalue weighted by molar-refractivity contribution is 5.82. The van der Waals surface area contributed by atoms with Gasteiger partial charge in [0.25, 0.3) is 0 Å². The largest absolute Gasteiger partial charge is 0.342 e. The van der Waals surface area contributed by atoms with Crippen LogP contribution < -0.4 is 0 Å². The molecule has 0 spiro atoms. The first-order valence-electron chi connectivity index (χ1n) is 9.47. The number of rotatable bonds is 2. The first kappa shape index (κ1) is 17.2. The average molecular weight is 381 g/mol. The van der Waals surface area contributed by atoms with Gasteiger partial charge in [0.05, 0.1) is 16.6 Å². The van der Waals surface area contributed by atoms with Crippen molar-refractivity contribution in [2.24, 2.45) is 0 Å². The normalized spacial score (nSPS) is 20.1. The number of fused-ring (bicyclic) bond motifs is 2. The summed E-state index contributed by atoms with van der Waals surface area (Å²) in [5, 5.41) is 0.876. The number of aromatic amines is 1. The van der Waals surface area contributed by atoms with Crippen LogP contribution in [0.15, 0.2) is 42.6 Å². The number of imidazole rings is 1. The lowest BCUT2D eigenvalue weighted by Crippen LogP contribution is -2.13. The molecule has 2 aromatic carbocycles. The minimum atomic E-state index is -0.883. The van der Waals surface area contributed by atoms with E-state index in [9.17, 15) is 13.2 Å². The molecule has 2 aromatic heterocycles. The SMILES string of the molecule is Fc1ccc2nccc(C3CCC(c4nc5cc(F)c(F)cc5[nH]4)CC3)c2c1. The van der Waals surface area contributed by atoms with Crippen molar-refractivity contribution in [3.63, 3.8) is 0 Å². The molecule has 4 aromatic rings. The highest BCUT2D eigenvalue weighted by atomic mass is 19.2. The fourth-order valence-corrected chi connectivity index (χ4v) is 4.39. The zero-order valence-electron chi connectivity index (χ0n) is 15.1. The number of hydrogen-bond acceptors (Lipinski definition) is 2. The first-order chi connectivity index (χ1) is 13.6. The number of benzene rings is 2. The highest BCUT2D eigenvalue weighted by Crippen LogP contribution is 2.41. The van der Waals surface area contributed by atoms with Crippen LogP contribution in [0.4, 0.5) is 13.2 Å². The second kappa shape index (κ2) is 6.62. The quantitative estimate of drug-likeness (QED) is 0.465. The van der Waals surface area contributed by atoms with E-state index in [1.807, 2.05) is 6.07 Å². The van der Waals surface area contributed by atoms with Gasteiger partial charge in [-0.25, -0.2) is 18.2 Å². The Morgan fingerprint density at radius 3 is 2.39 bits per heavy atom. The molecule has 5 rings (SSSR count). The van der Waals surface area contributed by atoms with E-state index in [2.05, 4.69) is 15.0 Å². The minimum absolute atomic E-state index is 0.222. The van der Waals surface area contributed by atoms with Gasteiger partial charge in [0, 0.05) is 29.6 Å². The van der Waals surface area contributed by atoms with Crippen molar-refractivity contribution in [2.75, 3.05) is 0 Å². The number of pyridine rings is 1. The summed E-state index contributed by atoms with van der Waals surface area (Å²) in [6, 6.07) is 8.99. The third-order valence-corrected chi connectivity index (χ3v) is 5.83. The van der Waals surface area contributed by atoms with Gasteiger partial charge < -0.3 is 4.98 Å². The standard InChI is InChI=1S/C22H18F3N3/c23-14-5-6-19-16(9-14)15(7-8-26-19)12-1-3-13(4-2-12)22-27-20-10-17(24)18(25)11-21(20)28-22/h5-13H,1-4H2,(H,27,28). The van der Waals surface area contributed by atoms with Crippen LogP contribution >= 0.6 is 0 Å². The van der Waals surface area contributed by atoms with Gasteiger partial charge in [0.1, 0.15) is 11.6 Å². The van der Waals surface area contributed by atoms with E-state index in [1.165, 1.54) is 6.07 Å². The molecule has 0 bridgehead atoms. The molecule has 142 valence electrons. The summed E-state index contributed by atoms with van der Waals surface area (Å²) in [4.78, 5) is 12.0. The van der Waals surface area contributed by atoms with Gasteiger partial charge in [-0.1, -0.05) is 0 Å². The summed E-state index contributed by atoms with van der Waals surface area (Å²) in [5.41, 5.74) is 2.91. The molecule has 0 aliphatic heterocycles. The Morgan fingerprint density at radius 1 is 0.821 bits per heavy atom. The summed E-state index contributed by atoms with van der Waals surface area (Å²) in [6.07, 6.45) is 5.49. The topological polar surface area (TPSA) is 41.6 Å². The molecule has 2 heterocycles. The number of aromatic nitrogens is 3. The third kappa shape index (κ3) is 2.93. The zero-order valence-corrected chi connectivity index (χ0v) is 15.1. The second-order valence-corrected chi connectivity index (χ2v) is 7.52. The summed E-state index contributed by atoms with van der Waals surface area (Å²) in [6.45, 7) is 0. The lowest BCUT2D eigenvalue weighted by Gasteiger charge is -2.28. The van der Waals surface area contributed by atoms with Crippen molar-refractivity contribution >= 4 is 21.9 Å². The van der Waals surface area contributed by atoms with Crippen LogP contribution in [0.1, 0.15) is 48.9 Å². The summed E-state index contributed by atoms with van der Waals surface area (Å²) in [7, 11) is 0. The smallest absolute Gasteiger partial charge is 0.161 e. The van der Waals surface area contributed by atoms with Crippen molar-refractivity contribution < 1.29 is 13.2 Å². The highest BCUT2D eigenvalue weighted by Gasteiger charge is 2.27. The number of nitrogens with one attached hydrogen (secondary N) is 1. The second-order valence-electron chi connectivity index (χ2n) is 7.52. The minimum Gasteiger partial charge on any atom is -0.342 e. The first-order valence-corrected chi connectivity index (χ1v) is 9.47. The molecule has 3 nitrogen and oxygen atoms in total. The van der Waals surface area contributed by atoms with E-state index in [-0.39, 0.29) is 11.7 Å². The molecule has 1 aliphatic carbocycles. The molecule has 0 amide bonds. The monoisotopic (exact) mass is 381 g/mol. The summed E-state index contributed by atoms with van der Waals surface area (Å²) >= 11 is 0. The Hall–Kier alpha value is -2.89. The van der Waals surface area contributed by atoms with Crippen LogP contribution in [-0.2, 0) is 0 Å². The van der Waals surface area contributed by atoms with Gasteiger partial charge >= 0.3 is 0 Å². The number of nitrogens with zero attached hydrogens (tertiary/aromatic N) is 2. The predicted octanol–water partition coefficient (Wildman–Crippen LogP) is 5.97. The molecule has 1 aliphatic rings. The van der Waals surface area contributed by atoms with Crippen molar-refractivity contribution in [1.82, 2.24) is 15.0 Å². The van der Waals surface area contributed by atoms with Gasteiger partial charge in [0.15, 0.2) is 11.6 Å². The molecular weight excluding hydrogens is 363 g/mol. The van der Waals surface area contributed by atoms with Gasteiger partial charge in [-0.05, 0) is 61.4 Å². The maximum Gasteiger partial charge on any atom is 0.161 e. The Kier molecular flexibility index (Phi) is 4.07. The molecule has 0 saturated heterocycles. The lowest BCUT2D eigenvalue weighted by molar-refractivity contribution is 0.388. The van der Waals surface area contributed by atoms with Crippen LogP contribution in [0.3, 0.4) is 0 Å². The number of halogens is 3. The van der Waals surface area contributed by atoms with Crippen molar-refractivity contribution in [1.29, 1.82) is 0 Å². The Balaban J connectivity index is 1.39. The Labute approximate surface area is 159 Å². The summed E-state index contributed by atoms with van der Waals surface area (Å²) in [5.74, 6) is -0.669. The van der Waals surface area contributed by atoms with Crippen LogP contribution in [0, 0.1) is 17.5 Å². The molecule has 1 fully saturated rings. The van der Waals surface area contributed by atoms with Crippen LogP contribution in [0.25, 0.3) is 21.9 Å². The van der Waals surface area contributed by atoms with Gasteiger partial charge in [-0.3, -0.25) is 4.98 Å². The van der Waals surface area contributed by atoms with E-state index in [0.717, 1.165) is 60.1 Å². The third-order valence-electron chi connectivity index (χ3n) is 5.83. The Morgan fingerprint density at radius 2 is 1.57 bits per heavy atom. The fraction of sp³-hybridized carbons (Fsp3) is 0.273. The summed E-state index contributed by atoms with van der Waals surface area (Å²) < 4.78 is 40.6. The van der Waals surface area contributed by atoms with Gasteiger partial charge in [-0.15, -0.1) is 0 Å². The lowest BCUT2D eigenvalue weighted by atomic mass is 9.77.